The minimum Gasteiger partial charge on any atom is -0.492 e. The van der Waals surface area contributed by atoms with E-state index in [9.17, 15) is 0 Å². The quantitative estimate of drug-likeness (QED) is 0.789. The van der Waals surface area contributed by atoms with E-state index in [1.165, 1.54) is 0 Å². The van der Waals surface area contributed by atoms with Crippen LogP contribution in [-0.4, -0.2) is 24.4 Å². The molecular formula is C13H20ClNO2. The Morgan fingerprint density at radius 1 is 1.47 bits per heavy atom. The van der Waals surface area contributed by atoms with Crippen molar-refractivity contribution >= 4 is 11.6 Å². The number of aliphatic hydroxyl groups excluding tert-OH is 1. The van der Waals surface area contributed by atoms with E-state index in [1.807, 2.05) is 18.2 Å². The van der Waals surface area contributed by atoms with Gasteiger partial charge in [0.15, 0.2) is 0 Å². The first-order valence-corrected chi connectivity index (χ1v) is 6.31. The Kier molecular flexibility index (Phi) is 6.34. The largest absolute Gasteiger partial charge is 0.492 e. The van der Waals surface area contributed by atoms with Crippen LogP contribution in [0.3, 0.4) is 0 Å². The lowest BCUT2D eigenvalue weighted by molar-refractivity contribution is 0.191. The van der Waals surface area contributed by atoms with Crippen LogP contribution in [0, 0.1) is 0 Å². The molecule has 3 nitrogen and oxygen atoms in total. The summed E-state index contributed by atoms with van der Waals surface area (Å²) in [7, 11) is 0. The molecule has 0 amide bonds. The standard InChI is InChI=1S/C13H20ClNO2/c1-3-6-17-13-5-4-11(7-12(13)14)9-15-8-10(2)16/h4-5,7,10,15-16H,3,6,8-9H2,1-2H3. The predicted molar refractivity (Wildman–Crippen MR) is 70.6 cm³/mol. The third-order valence-corrected chi connectivity index (χ3v) is 2.52. The molecule has 17 heavy (non-hydrogen) atoms. The molecule has 1 atom stereocenters. The number of hydrogen-bond donors (Lipinski definition) is 2. The van der Waals surface area contributed by atoms with Crippen molar-refractivity contribution in [2.45, 2.75) is 32.9 Å². The second-order valence-corrected chi connectivity index (χ2v) is 4.50. The normalized spacial score (nSPS) is 12.5. The number of halogens is 1. The molecule has 1 rings (SSSR count). The molecule has 0 bridgehead atoms. The second-order valence-electron chi connectivity index (χ2n) is 4.09. The van der Waals surface area contributed by atoms with Crippen LogP contribution in [0.2, 0.25) is 5.02 Å². The van der Waals surface area contributed by atoms with Crippen LogP contribution < -0.4 is 10.1 Å². The Bertz CT molecular complexity index is 342. The summed E-state index contributed by atoms with van der Waals surface area (Å²) in [6.07, 6.45) is 0.631. The lowest BCUT2D eigenvalue weighted by Crippen LogP contribution is -2.23. The highest BCUT2D eigenvalue weighted by Gasteiger charge is 2.03. The van der Waals surface area contributed by atoms with Crippen molar-refractivity contribution in [3.05, 3.63) is 28.8 Å². The maximum atomic E-state index is 9.12. The van der Waals surface area contributed by atoms with Gasteiger partial charge in [-0.05, 0) is 31.0 Å². The van der Waals surface area contributed by atoms with Gasteiger partial charge in [0.1, 0.15) is 5.75 Å². The van der Waals surface area contributed by atoms with Crippen molar-refractivity contribution < 1.29 is 9.84 Å². The first kappa shape index (κ1) is 14.3. The number of nitrogens with one attached hydrogen (secondary N) is 1. The van der Waals surface area contributed by atoms with Crippen LogP contribution in [0.25, 0.3) is 0 Å². The molecular weight excluding hydrogens is 238 g/mol. The van der Waals surface area contributed by atoms with Gasteiger partial charge in [0, 0.05) is 13.1 Å². The first-order chi connectivity index (χ1) is 8.13. The molecule has 96 valence electrons. The Balaban J connectivity index is 2.50. The molecule has 0 saturated heterocycles. The highest BCUT2D eigenvalue weighted by molar-refractivity contribution is 6.32. The first-order valence-electron chi connectivity index (χ1n) is 5.93. The van der Waals surface area contributed by atoms with Crippen LogP contribution in [0.1, 0.15) is 25.8 Å². The average molecular weight is 258 g/mol. The molecule has 0 aliphatic rings. The van der Waals surface area contributed by atoms with E-state index < -0.39 is 0 Å². The summed E-state index contributed by atoms with van der Waals surface area (Å²) in [5.74, 6) is 0.729. The lowest BCUT2D eigenvalue weighted by atomic mass is 10.2. The Hall–Kier alpha value is -0.770. The summed E-state index contributed by atoms with van der Waals surface area (Å²) in [6.45, 7) is 5.76. The zero-order chi connectivity index (χ0) is 12.7. The van der Waals surface area contributed by atoms with Crippen molar-refractivity contribution in [1.29, 1.82) is 0 Å². The van der Waals surface area contributed by atoms with E-state index in [0.29, 0.717) is 24.7 Å². The van der Waals surface area contributed by atoms with Gasteiger partial charge in [-0.1, -0.05) is 24.6 Å². The third-order valence-electron chi connectivity index (χ3n) is 2.23. The minimum absolute atomic E-state index is 0.336. The molecule has 1 aromatic rings. The van der Waals surface area contributed by atoms with Gasteiger partial charge in [0.2, 0.25) is 0 Å². The number of aliphatic hydroxyl groups is 1. The van der Waals surface area contributed by atoms with Crippen molar-refractivity contribution in [2.24, 2.45) is 0 Å². The van der Waals surface area contributed by atoms with Gasteiger partial charge in [-0.2, -0.15) is 0 Å². The minimum atomic E-state index is -0.336. The second kappa shape index (κ2) is 7.54. The zero-order valence-electron chi connectivity index (χ0n) is 10.4. The lowest BCUT2D eigenvalue weighted by Gasteiger charge is -2.10. The van der Waals surface area contributed by atoms with Crippen LogP contribution in [0.15, 0.2) is 18.2 Å². The Morgan fingerprint density at radius 3 is 2.82 bits per heavy atom. The van der Waals surface area contributed by atoms with Crippen molar-refractivity contribution in [2.75, 3.05) is 13.2 Å². The van der Waals surface area contributed by atoms with Gasteiger partial charge in [-0.25, -0.2) is 0 Å². The molecule has 4 heteroatoms. The van der Waals surface area contributed by atoms with Gasteiger partial charge in [0.25, 0.3) is 0 Å². The monoisotopic (exact) mass is 257 g/mol. The number of hydrogen-bond acceptors (Lipinski definition) is 3. The van der Waals surface area contributed by atoms with Crippen molar-refractivity contribution in [3.8, 4) is 5.75 Å². The molecule has 0 spiro atoms. The molecule has 0 aliphatic carbocycles. The van der Waals surface area contributed by atoms with Gasteiger partial charge in [-0.3, -0.25) is 0 Å². The summed E-state index contributed by atoms with van der Waals surface area (Å²) in [5, 5.41) is 12.9. The Labute approximate surface area is 108 Å². The highest BCUT2D eigenvalue weighted by Crippen LogP contribution is 2.25. The fraction of sp³-hybridized carbons (Fsp3) is 0.538. The van der Waals surface area contributed by atoms with Crippen LogP contribution in [0.4, 0.5) is 0 Å². The maximum absolute atomic E-state index is 9.12. The van der Waals surface area contributed by atoms with Crippen LogP contribution in [-0.2, 0) is 6.54 Å². The van der Waals surface area contributed by atoms with Gasteiger partial charge < -0.3 is 15.2 Å². The van der Waals surface area contributed by atoms with E-state index in [4.69, 9.17) is 21.4 Å². The maximum Gasteiger partial charge on any atom is 0.137 e. The van der Waals surface area contributed by atoms with E-state index >= 15 is 0 Å². The van der Waals surface area contributed by atoms with Crippen LogP contribution in [0.5, 0.6) is 5.75 Å². The zero-order valence-corrected chi connectivity index (χ0v) is 11.1. The molecule has 0 fully saturated rings. The molecule has 0 saturated carbocycles. The number of benzene rings is 1. The van der Waals surface area contributed by atoms with Crippen molar-refractivity contribution in [1.82, 2.24) is 5.32 Å². The molecule has 1 aromatic carbocycles. The van der Waals surface area contributed by atoms with E-state index in [2.05, 4.69) is 12.2 Å². The fourth-order valence-corrected chi connectivity index (χ4v) is 1.67. The average Bonchev–Trinajstić information content (AvgIpc) is 2.27. The molecule has 2 N–H and O–H groups in total. The van der Waals surface area contributed by atoms with Gasteiger partial charge >= 0.3 is 0 Å². The summed E-state index contributed by atoms with van der Waals surface area (Å²) >= 11 is 6.10. The SMILES string of the molecule is CCCOc1ccc(CNCC(C)O)cc1Cl. The van der Waals surface area contributed by atoms with Gasteiger partial charge in [-0.15, -0.1) is 0 Å². The number of rotatable bonds is 7. The summed E-state index contributed by atoms with van der Waals surface area (Å²) < 4.78 is 5.49. The Morgan fingerprint density at radius 2 is 2.24 bits per heavy atom. The molecule has 0 aliphatic heterocycles. The van der Waals surface area contributed by atoms with E-state index in [0.717, 1.165) is 17.7 Å². The van der Waals surface area contributed by atoms with E-state index in [1.54, 1.807) is 6.92 Å². The predicted octanol–water partition coefficient (Wildman–Crippen LogP) is 2.60. The smallest absolute Gasteiger partial charge is 0.137 e. The third kappa shape index (κ3) is 5.39. The van der Waals surface area contributed by atoms with E-state index in [-0.39, 0.29) is 6.10 Å². The van der Waals surface area contributed by atoms with Crippen molar-refractivity contribution in [3.63, 3.8) is 0 Å². The molecule has 0 aromatic heterocycles. The molecule has 0 heterocycles. The summed E-state index contributed by atoms with van der Waals surface area (Å²) in [5.41, 5.74) is 1.08. The molecule has 0 radical (unpaired) electrons. The molecule has 1 unspecified atom stereocenters. The summed E-state index contributed by atoms with van der Waals surface area (Å²) in [6, 6.07) is 5.75. The number of ether oxygens (including phenoxy) is 1. The summed E-state index contributed by atoms with van der Waals surface area (Å²) in [4.78, 5) is 0. The topological polar surface area (TPSA) is 41.5 Å². The fourth-order valence-electron chi connectivity index (χ4n) is 1.41. The van der Waals surface area contributed by atoms with Crippen LogP contribution >= 0.6 is 11.6 Å². The van der Waals surface area contributed by atoms with Gasteiger partial charge in [0.05, 0.1) is 17.7 Å². The highest BCUT2D eigenvalue weighted by atomic mass is 35.5.